The van der Waals surface area contributed by atoms with Gasteiger partial charge in [0.1, 0.15) is 0 Å². The van der Waals surface area contributed by atoms with Gasteiger partial charge in [0.05, 0.1) is 13.2 Å². The molecule has 0 aromatic heterocycles. The van der Waals surface area contributed by atoms with Gasteiger partial charge in [0, 0.05) is 31.1 Å². The second kappa shape index (κ2) is 8.50. The van der Waals surface area contributed by atoms with E-state index in [2.05, 4.69) is 70.9 Å². The minimum atomic E-state index is 0.859. The molecule has 4 heteroatoms. The number of ether oxygens (including phenoxy) is 1. The summed E-state index contributed by atoms with van der Waals surface area (Å²) in [6.45, 7) is 5.76. The Kier molecular flexibility index (Phi) is 6.11. The highest BCUT2D eigenvalue weighted by Gasteiger charge is 2.10. The molecule has 2 aromatic carbocycles. The third-order valence-electron chi connectivity index (χ3n) is 3.94. The lowest BCUT2D eigenvalue weighted by Gasteiger charge is -2.26. The van der Waals surface area contributed by atoms with Gasteiger partial charge in [-0.05, 0) is 42.3 Å². The molecule has 3 nitrogen and oxygen atoms in total. The van der Waals surface area contributed by atoms with Crippen molar-refractivity contribution in [3.05, 3.63) is 65.7 Å². The quantitative estimate of drug-likeness (QED) is 0.752. The van der Waals surface area contributed by atoms with Gasteiger partial charge in [0.25, 0.3) is 0 Å². The van der Waals surface area contributed by atoms with E-state index in [4.69, 9.17) is 4.74 Å². The molecule has 0 atom stereocenters. The van der Waals surface area contributed by atoms with Crippen molar-refractivity contribution >= 4 is 11.9 Å². The first-order chi connectivity index (χ1) is 11.3. The Morgan fingerprint density at radius 1 is 0.957 bits per heavy atom. The monoisotopic (exact) mass is 328 g/mol. The first kappa shape index (κ1) is 16.5. The summed E-state index contributed by atoms with van der Waals surface area (Å²) in [5.74, 6) is 0. The average Bonchev–Trinajstić information content (AvgIpc) is 2.58. The molecule has 0 radical (unpaired) electrons. The van der Waals surface area contributed by atoms with Crippen molar-refractivity contribution in [2.45, 2.75) is 18.0 Å². The molecule has 0 saturated carbocycles. The predicted octanol–water partition coefficient (Wildman–Crippen LogP) is 3.66. The minimum absolute atomic E-state index is 0.859. The second-order valence-electron chi connectivity index (χ2n) is 5.90. The van der Waals surface area contributed by atoms with Crippen LogP contribution in [0.1, 0.15) is 11.1 Å². The maximum absolute atomic E-state index is 5.40. The topological polar surface area (TPSA) is 15.7 Å². The van der Waals surface area contributed by atoms with Gasteiger partial charge in [-0.2, -0.15) is 0 Å². The molecule has 1 heterocycles. The summed E-state index contributed by atoms with van der Waals surface area (Å²) in [4.78, 5) is 3.74. The number of hydrogen-bond donors (Lipinski definition) is 0. The lowest BCUT2D eigenvalue weighted by atomic mass is 10.2. The van der Waals surface area contributed by atoms with Crippen molar-refractivity contribution in [1.29, 1.82) is 0 Å². The fourth-order valence-electron chi connectivity index (χ4n) is 2.73. The first-order valence-electron chi connectivity index (χ1n) is 8.12. The zero-order valence-electron chi connectivity index (χ0n) is 13.6. The van der Waals surface area contributed by atoms with Crippen LogP contribution in [0.25, 0.3) is 0 Å². The van der Waals surface area contributed by atoms with Crippen LogP contribution in [0.4, 0.5) is 0 Å². The maximum Gasteiger partial charge on any atom is 0.0594 e. The molecule has 0 amide bonds. The normalized spacial score (nSPS) is 15.9. The van der Waals surface area contributed by atoms with Gasteiger partial charge in [0.2, 0.25) is 0 Å². The molecule has 0 bridgehead atoms. The van der Waals surface area contributed by atoms with Crippen molar-refractivity contribution < 1.29 is 4.74 Å². The van der Waals surface area contributed by atoms with E-state index >= 15 is 0 Å². The number of nitrogens with zero attached hydrogens (tertiary/aromatic N) is 2. The first-order valence-corrected chi connectivity index (χ1v) is 8.89. The highest BCUT2D eigenvalue weighted by molar-refractivity contribution is 7.97. The van der Waals surface area contributed by atoms with Gasteiger partial charge in [-0.3, -0.25) is 4.90 Å². The molecule has 2 aromatic rings. The summed E-state index contributed by atoms with van der Waals surface area (Å²) in [7, 11) is 2.14. The fraction of sp³-hybridized carbons (Fsp3) is 0.368. The second-order valence-corrected chi connectivity index (χ2v) is 7.17. The minimum Gasteiger partial charge on any atom is -0.379 e. The van der Waals surface area contributed by atoms with Crippen LogP contribution in [0, 0.1) is 0 Å². The molecule has 1 fully saturated rings. The van der Waals surface area contributed by atoms with Gasteiger partial charge < -0.3 is 4.74 Å². The Bertz CT molecular complexity index is 582. The van der Waals surface area contributed by atoms with Crippen LogP contribution in [0.3, 0.4) is 0 Å². The molecule has 0 spiro atoms. The molecule has 3 rings (SSSR count). The largest absolute Gasteiger partial charge is 0.379 e. The molecule has 0 unspecified atom stereocenters. The Morgan fingerprint density at radius 3 is 2.35 bits per heavy atom. The summed E-state index contributed by atoms with van der Waals surface area (Å²) >= 11 is 1.79. The molecule has 0 N–H and O–H groups in total. The van der Waals surface area contributed by atoms with E-state index < -0.39 is 0 Å². The Labute approximate surface area is 143 Å². The van der Waals surface area contributed by atoms with Gasteiger partial charge >= 0.3 is 0 Å². The van der Waals surface area contributed by atoms with Gasteiger partial charge in [-0.25, -0.2) is 4.31 Å². The molecule has 1 aliphatic rings. The smallest absolute Gasteiger partial charge is 0.0594 e. The third kappa shape index (κ3) is 5.36. The zero-order valence-corrected chi connectivity index (χ0v) is 14.5. The van der Waals surface area contributed by atoms with Crippen molar-refractivity contribution in [2.24, 2.45) is 0 Å². The fourth-order valence-corrected chi connectivity index (χ4v) is 3.56. The van der Waals surface area contributed by atoms with E-state index in [9.17, 15) is 0 Å². The summed E-state index contributed by atoms with van der Waals surface area (Å²) < 4.78 is 7.67. The van der Waals surface area contributed by atoms with Gasteiger partial charge in [-0.1, -0.05) is 42.5 Å². The molecule has 1 saturated heterocycles. The van der Waals surface area contributed by atoms with Crippen LogP contribution in [0.5, 0.6) is 0 Å². The summed E-state index contributed by atoms with van der Waals surface area (Å²) in [6.07, 6.45) is 0. The highest BCUT2D eigenvalue weighted by Crippen LogP contribution is 2.23. The average molecular weight is 328 g/mol. The highest BCUT2D eigenvalue weighted by atomic mass is 32.2. The number of benzene rings is 2. The summed E-state index contributed by atoms with van der Waals surface area (Å²) in [5.41, 5.74) is 2.72. The molecule has 122 valence electrons. The standard InChI is InChI=1S/C19H24N2OS/c1-20(15-17-5-3-2-4-6-17)23-19-9-7-18(8-10-19)16-21-11-13-22-14-12-21/h2-10H,11-16H2,1H3. The molecule has 23 heavy (non-hydrogen) atoms. The van der Waals surface area contributed by atoms with E-state index in [1.54, 1.807) is 11.9 Å². The van der Waals surface area contributed by atoms with Crippen LogP contribution in [-0.2, 0) is 17.8 Å². The zero-order chi connectivity index (χ0) is 15.9. The van der Waals surface area contributed by atoms with E-state index in [0.717, 1.165) is 39.4 Å². The molecular weight excluding hydrogens is 304 g/mol. The number of morpholine rings is 1. The van der Waals surface area contributed by atoms with Crippen LogP contribution >= 0.6 is 11.9 Å². The SMILES string of the molecule is CN(Cc1ccccc1)Sc1ccc(CN2CCOCC2)cc1. The lowest BCUT2D eigenvalue weighted by Crippen LogP contribution is -2.35. The number of rotatable bonds is 6. The van der Waals surface area contributed by atoms with Crippen LogP contribution < -0.4 is 0 Å². The van der Waals surface area contributed by atoms with Crippen LogP contribution in [0.2, 0.25) is 0 Å². The van der Waals surface area contributed by atoms with Crippen LogP contribution in [0.15, 0.2) is 59.5 Å². The van der Waals surface area contributed by atoms with Crippen LogP contribution in [-0.4, -0.2) is 42.6 Å². The third-order valence-corrected chi connectivity index (χ3v) is 4.87. The molecule has 1 aliphatic heterocycles. The maximum atomic E-state index is 5.40. The lowest BCUT2D eigenvalue weighted by molar-refractivity contribution is 0.0342. The Hall–Kier alpha value is -1.33. The predicted molar refractivity (Wildman–Crippen MR) is 96.3 cm³/mol. The Balaban J connectivity index is 1.50. The van der Waals surface area contributed by atoms with Crippen molar-refractivity contribution in [2.75, 3.05) is 33.4 Å². The molecular formula is C19H24N2OS. The van der Waals surface area contributed by atoms with E-state index in [0.29, 0.717) is 0 Å². The van der Waals surface area contributed by atoms with E-state index in [1.807, 2.05) is 0 Å². The summed E-state index contributed by atoms with van der Waals surface area (Å²) in [6, 6.07) is 19.5. The van der Waals surface area contributed by atoms with Crippen molar-refractivity contribution in [1.82, 2.24) is 9.21 Å². The summed E-state index contributed by atoms with van der Waals surface area (Å²) in [5, 5.41) is 0. The van der Waals surface area contributed by atoms with E-state index in [1.165, 1.54) is 16.0 Å². The van der Waals surface area contributed by atoms with E-state index in [-0.39, 0.29) is 0 Å². The van der Waals surface area contributed by atoms with Crippen molar-refractivity contribution in [3.63, 3.8) is 0 Å². The van der Waals surface area contributed by atoms with Crippen molar-refractivity contribution in [3.8, 4) is 0 Å². The molecule has 0 aliphatic carbocycles. The van der Waals surface area contributed by atoms with Gasteiger partial charge in [0.15, 0.2) is 0 Å². The van der Waals surface area contributed by atoms with Gasteiger partial charge in [-0.15, -0.1) is 0 Å². The Morgan fingerprint density at radius 2 is 1.65 bits per heavy atom. The number of hydrogen-bond acceptors (Lipinski definition) is 4.